The van der Waals surface area contributed by atoms with E-state index in [1.54, 1.807) is 6.92 Å². The van der Waals surface area contributed by atoms with Crippen LogP contribution in [0, 0.1) is 6.92 Å². The second-order valence-electron chi connectivity index (χ2n) is 4.08. The normalized spacial score (nSPS) is 12.6. The Balaban J connectivity index is 2.03. The van der Waals surface area contributed by atoms with Gasteiger partial charge in [-0.25, -0.2) is 0 Å². The maximum absolute atomic E-state index is 9.70. The smallest absolute Gasteiger partial charge is 0.240 e. The van der Waals surface area contributed by atoms with E-state index in [1.165, 1.54) is 18.2 Å². The highest BCUT2D eigenvalue weighted by Gasteiger charge is 2.12. The van der Waals surface area contributed by atoms with Gasteiger partial charge < -0.3 is 20.1 Å². The number of aromatic hydroxyl groups is 2. The monoisotopic (exact) mass is 249 g/mol. The predicted octanol–water partition coefficient (Wildman–Crippen LogP) is 1.64. The van der Waals surface area contributed by atoms with Crippen molar-refractivity contribution in [2.45, 2.75) is 26.4 Å². The molecule has 0 saturated heterocycles. The first-order valence-electron chi connectivity index (χ1n) is 5.60. The average Bonchev–Trinajstić information content (AvgIpc) is 2.75. The molecule has 0 radical (unpaired) electrons. The number of aromatic nitrogens is 2. The fraction of sp³-hybridized carbons (Fsp3) is 0.333. The van der Waals surface area contributed by atoms with Crippen molar-refractivity contribution in [1.29, 1.82) is 0 Å². The number of hydrogen-bond donors (Lipinski definition) is 3. The first-order valence-corrected chi connectivity index (χ1v) is 5.60. The Morgan fingerprint density at radius 3 is 2.83 bits per heavy atom. The molecule has 0 saturated carbocycles. The van der Waals surface area contributed by atoms with Gasteiger partial charge in [-0.15, -0.1) is 0 Å². The summed E-state index contributed by atoms with van der Waals surface area (Å²) in [4.78, 5) is 4.06. The highest BCUT2D eigenvalue weighted by Crippen LogP contribution is 2.27. The summed E-state index contributed by atoms with van der Waals surface area (Å²) >= 11 is 0. The molecule has 18 heavy (non-hydrogen) atoms. The topological polar surface area (TPSA) is 91.4 Å². The summed E-state index contributed by atoms with van der Waals surface area (Å²) in [5, 5.41) is 25.9. The van der Waals surface area contributed by atoms with Crippen molar-refractivity contribution in [2.24, 2.45) is 0 Å². The first kappa shape index (κ1) is 12.4. The number of nitrogens with one attached hydrogen (secondary N) is 1. The summed E-state index contributed by atoms with van der Waals surface area (Å²) in [6.45, 7) is 4.02. The average molecular weight is 249 g/mol. The Labute approximate surface area is 104 Å². The van der Waals surface area contributed by atoms with Gasteiger partial charge in [0.05, 0.1) is 6.54 Å². The van der Waals surface area contributed by atoms with Crippen molar-refractivity contribution in [2.75, 3.05) is 0 Å². The van der Waals surface area contributed by atoms with Crippen LogP contribution >= 0.6 is 0 Å². The van der Waals surface area contributed by atoms with Crippen molar-refractivity contribution in [3.8, 4) is 11.5 Å². The summed E-state index contributed by atoms with van der Waals surface area (Å²) < 4.78 is 4.97. The van der Waals surface area contributed by atoms with Crippen molar-refractivity contribution in [3.63, 3.8) is 0 Å². The van der Waals surface area contributed by atoms with Crippen LogP contribution in [0.3, 0.4) is 0 Å². The van der Waals surface area contributed by atoms with Gasteiger partial charge in [-0.3, -0.25) is 0 Å². The quantitative estimate of drug-likeness (QED) is 0.713. The maximum atomic E-state index is 9.70. The van der Waals surface area contributed by atoms with Gasteiger partial charge in [0, 0.05) is 11.6 Å². The first-order chi connectivity index (χ1) is 8.56. The standard InChI is InChI=1S/C12H15N3O3/c1-7(10-5-9(16)3-4-11(10)17)13-6-12-14-8(2)15-18-12/h3-5,7,13,16-17H,6H2,1-2H3. The Morgan fingerprint density at radius 1 is 1.39 bits per heavy atom. The molecule has 2 aromatic rings. The molecule has 1 unspecified atom stereocenters. The second kappa shape index (κ2) is 5.05. The lowest BCUT2D eigenvalue weighted by Gasteiger charge is -2.14. The molecule has 0 aliphatic rings. The molecule has 1 aromatic carbocycles. The molecule has 6 heteroatoms. The highest BCUT2D eigenvalue weighted by molar-refractivity contribution is 5.40. The second-order valence-corrected chi connectivity index (χ2v) is 4.08. The summed E-state index contributed by atoms with van der Waals surface area (Å²) in [6.07, 6.45) is 0. The lowest BCUT2D eigenvalue weighted by atomic mass is 10.1. The van der Waals surface area contributed by atoms with E-state index in [1.807, 2.05) is 6.92 Å². The number of nitrogens with zero attached hydrogens (tertiary/aromatic N) is 2. The zero-order valence-corrected chi connectivity index (χ0v) is 10.2. The van der Waals surface area contributed by atoms with Gasteiger partial charge in [0.15, 0.2) is 5.82 Å². The van der Waals surface area contributed by atoms with E-state index >= 15 is 0 Å². The maximum Gasteiger partial charge on any atom is 0.240 e. The molecule has 3 N–H and O–H groups in total. The van der Waals surface area contributed by atoms with Gasteiger partial charge in [0.1, 0.15) is 11.5 Å². The van der Waals surface area contributed by atoms with E-state index in [-0.39, 0.29) is 17.5 Å². The molecule has 0 spiro atoms. The molecule has 1 aromatic heterocycles. The van der Waals surface area contributed by atoms with E-state index in [9.17, 15) is 10.2 Å². The van der Waals surface area contributed by atoms with Crippen LogP contribution in [0.25, 0.3) is 0 Å². The van der Waals surface area contributed by atoms with Gasteiger partial charge >= 0.3 is 0 Å². The SMILES string of the molecule is Cc1noc(CNC(C)c2cc(O)ccc2O)n1. The minimum atomic E-state index is -0.149. The summed E-state index contributed by atoms with van der Waals surface area (Å²) in [5.41, 5.74) is 0.617. The molecular formula is C12H15N3O3. The third-order valence-electron chi connectivity index (χ3n) is 2.61. The van der Waals surface area contributed by atoms with Crippen molar-refractivity contribution in [1.82, 2.24) is 15.5 Å². The van der Waals surface area contributed by atoms with Gasteiger partial charge in [0.25, 0.3) is 0 Å². The van der Waals surface area contributed by atoms with Crippen molar-refractivity contribution in [3.05, 3.63) is 35.5 Å². The summed E-state index contributed by atoms with van der Waals surface area (Å²) in [6, 6.07) is 4.27. The Morgan fingerprint density at radius 2 is 2.17 bits per heavy atom. The third kappa shape index (κ3) is 2.78. The number of hydrogen-bond acceptors (Lipinski definition) is 6. The Bertz CT molecular complexity index is 539. The van der Waals surface area contributed by atoms with Gasteiger partial charge in [0.2, 0.25) is 5.89 Å². The van der Waals surface area contributed by atoms with Crippen LogP contribution in [0.2, 0.25) is 0 Å². The Hall–Kier alpha value is -2.08. The third-order valence-corrected chi connectivity index (χ3v) is 2.61. The van der Waals surface area contributed by atoms with Gasteiger partial charge in [-0.05, 0) is 32.0 Å². The fourth-order valence-corrected chi connectivity index (χ4v) is 1.65. The lowest BCUT2D eigenvalue weighted by Crippen LogP contribution is -2.18. The van der Waals surface area contributed by atoms with E-state index in [0.717, 1.165) is 0 Å². The number of rotatable bonds is 4. The minimum absolute atomic E-state index is 0.116. The van der Waals surface area contributed by atoms with Gasteiger partial charge in [-0.1, -0.05) is 5.16 Å². The summed E-state index contributed by atoms with van der Waals surface area (Å²) in [5.74, 6) is 1.32. The van der Waals surface area contributed by atoms with Crippen LogP contribution in [0.1, 0.15) is 30.2 Å². The fourth-order valence-electron chi connectivity index (χ4n) is 1.65. The molecule has 6 nitrogen and oxygen atoms in total. The van der Waals surface area contributed by atoms with Crippen LogP contribution in [0.15, 0.2) is 22.7 Å². The molecule has 0 aliphatic carbocycles. The number of phenols is 2. The molecule has 1 atom stereocenters. The van der Waals surface area contributed by atoms with Crippen molar-refractivity contribution >= 4 is 0 Å². The molecule has 0 aliphatic heterocycles. The molecule has 1 heterocycles. The van der Waals surface area contributed by atoms with Crippen LogP contribution in [0.5, 0.6) is 11.5 Å². The number of aryl methyl sites for hydroxylation is 1. The molecule has 96 valence electrons. The van der Waals surface area contributed by atoms with E-state index < -0.39 is 0 Å². The number of phenolic OH excluding ortho intramolecular Hbond substituents is 2. The van der Waals surface area contributed by atoms with Crippen LogP contribution in [0.4, 0.5) is 0 Å². The van der Waals surface area contributed by atoms with E-state index in [2.05, 4.69) is 15.5 Å². The molecule has 2 rings (SSSR count). The summed E-state index contributed by atoms with van der Waals surface area (Å²) in [7, 11) is 0. The van der Waals surface area contributed by atoms with E-state index in [0.29, 0.717) is 23.8 Å². The molecule has 0 bridgehead atoms. The van der Waals surface area contributed by atoms with E-state index in [4.69, 9.17) is 4.52 Å². The van der Waals surface area contributed by atoms with Crippen molar-refractivity contribution < 1.29 is 14.7 Å². The zero-order valence-electron chi connectivity index (χ0n) is 10.2. The van der Waals surface area contributed by atoms with Gasteiger partial charge in [-0.2, -0.15) is 4.98 Å². The van der Waals surface area contributed by atoms with Crippen LogP contribution in [-0.4, -0.2) is 20.4 Å². The van der Waals surface area contributed by atoms with Crippen LogP contribution in [-0.2, 0) is 6.54 Å². The zero-order chi connectivity index (χ0) is 13.1. The molecule has 0 amide bonds. The minimum Gasteiger partial charge on any atom is -0.508 e. The largest absolute Gasteiger partial charge is 0.508 e. The molecule has 0 fully saturated rings. The predicted molar refractivity (Wildman–Crippen MR) is 64.1 cm³/mol. The molecular weight excluding hydrogens is 234 g/mol. The van der Waals surface area contributed by atoms with Crippen LogP contribution < -0.4 is 5.32 Å². The number of benzene rings is 1. The lowest BCUT2D eigenvalue weighted by molar-refractivity contribution is 0.355. The Kier molecular flexibility index (Phi) is 3.47. The highest BCUT2D eigenvalue weighted by atomic mass is 16.5.